The first-order chi connectivity index (χ1) is 13.2. The smallest absolute Gasteiger partial charge is 0.191 e. The van der Waals surface area contributed by atoms with E-state index in [1.54, 1.807) is 7.11 Å². The SMILES string of the molecule is CCCN1CCC(NC(=NCc2ccc(NCCOC)cc2)NCC)CC1. The van der Waals surface area contributed by atoms with Crippen LogP contribution in [0.4, 0.5) is 5.69 Å². The summed E-state index contributed by atoms with van der Waals surface area (Å²) in [6.45, 7) is 11.0. The summed E-state index contributed by atoms with van der Waals surface area (Å²) < 4.78 is 5.06. The minimum Gasteiger partial charge on any atom is -0.383 e. The van der Waals surface area contributed by atoms with Gasteiger partial charge in [0, 0.05) is 45.0 Å². The maximum atomic E-state index is 5.06. The molecular weight excluding hydrogens is 338 g/mol. The van der Waals surface area contributed by atoms with Gasteiger partial charge in [0.25, 0.3) is 0 Å². The zero-order valence-corrected chi connectivity index (χ0v) is 17.3. The van der Waals surface area contributed by atoms with Crippen LogP contribution in [-0.2, 0) is 11.3 Å². The van der Waals surface area contributed by atoms with Gasteiger partial charge in [-0.05, 0) is 50.4 Å². The molecule has 6 nitrogen and oxygen atoms in total. The maximum absolute atomic E-state index is 5.06. The number of guanidine groups is 1. The Morgan fingerprint density at radius 3 is 2.56 bits per heavy atom. The van der Waals surface area contributed by atoms with Crippen LogP contribution in [-0.4, -0.2) is 63.3 Å². The van der Waals surface area contributed by atoms with Crippen molar-refractivity contribution in [2.45, 2.75) is 45.7 Å². The first kappa shape index (κ1) is 21.5. The molecule has 27 heavy (non-hydrogen) atoms. The number of nitrogens with zero attached hydrogens (tertiary/aromatic N) is 2. The summed E-state index contributed by atoms with van der Waals surface area (Å²) in [4.78, 5) is 7.34. The van der Waals surface area contributed by atoms with E-state index in [-0.39, 0.29) is 0 Å². The third kappa shape index (κ3) is 8.18. The van der Waals surface area contributed by atoms with Gasteiger partial charge in [0.2, 0.25) is 0 Å². The summed E-state index contributed by atoms with van der Waals surface area (Å²) in [6, 6.07) is 8.98. The number of benzene rings is 1. The van der Waals surface area contributed by atoms with Crippen LogP contribution in [0.2, 0.25) is 0 Å². The predicted octanol–water partition coefficient (Wildman–Crippen LogP) is 2.67. The highest BCUT2D eigenvalue weighted by Gasteiger charge is 2.19. The molecule has 0 bridgehead atoms. The number of piperidine rings is 1. The van der Waals surface area contributed by atoms with Crippen molar-refractivity contribution in [3.8, 4) is 0 Å². The Morgan fingerprint density at radius 2 is 1.93 bits per heavy atom. The van der Waals surface area contributed by atoms with Gasteiger partial charge in [0.1, 0.15) is 0 Å². The lowest BCUT2D eigenvalue weighted by Crippen LogP contribution is -2.48. The lowest BCUT2D eigenvalue weighted by atomic mass is 10.1. The molecule has 0 saturated carbocycles. The molecule has 2 rings (SSSR count). The summed E-state index contributed by atoms with van der Waals surface area (Å²) in [7, 11) is 1.72. The van der Waals surface area contributed by atoms with Crippen molar-refractivity contribution >= 4 is 11.6 Å². The van der Waals surface area contributed by atoms with E-state index in [0.717, 1.165) is 24.7 Å². The summed E-state index contributed by atoms with van der Waals surface area (Å²) >= 11 is 0. The molecular formula is C21H37N5O. The van der Waals surface area contributed by atoms with Gasteiger partial charge in [-0.25, -0.2) is 4.99 Å². The van der Waals surface area contributed by atoms with Crippen LogP contribution >= 0.6 is 0 Å². The van der Waals surface area contributed by atoms with E-state index in [0.29, 0.717) is 19.2 Å². The zero-order chi connectivity index (χ0) is 19.3. The van der Waals surface area contributed by atoms with Crippen molar-refractivity contribution in [2.75, 3.05) is 51.8 Å². The molecule has 1 saturated heterocycles. The van der Waals surface area contributed by atoms with Crippen LogP contribution in [0.1, 0.15) is 38.7 Å². The van der Waals surface area contributed by atoms with E-state index in [2.05, 4.69) is 59.0 Å². The number of likely N-dealkylation sites (tertiary alicyclic amines) is 1. The molecule has 0 atom stereocenters. The van der Waals surface area contributed by atoms with Crippen molar-refractivity contribution in [2.24, 2.45) is 4.99 Å². The lowest BCUT2D eigenvalue weighted by molar-refractivity contribution is 0.206. The molecule has 0 amide bonds. The van der Waals surface area contributed by atoms with E-state index in [4.69, 9.17) is 9.73 Å². The standard InChI is InChI=1S/C21H37N5O/c1-4-13-26-14-10-20(11-15-26)25-21(22-5-2)24-17-18-6-8-19(9-7-18)23-12-16-27-3/h6-9,20,23H,4-5,10-17H2,1-3H3,(H2,22,24,25). The minimum absolute atomic E-state index is 0.517. The number of anilines is 1. The van der Waals surface area contributed by atoms with Crippen LogP contribution in [0.25, 0.3) is 0 Å². The summed E-state index contributed by atoms with van der Waals surface area (Å²) in [5.74, 6) is 0.925. The first-order valence-corrected chi connectivity index (χ1v) is 10.3. The number of nitrogens with one attached hydrogen (secondary N) is 3. The van der Waals surface area contributed by atoms with Gasteiger partial charge < -0.3 is 25.6 Å². The fourth-order valence-electron chi connectivity index (χ4n) is 3.33. The monoisotopic (exact) mass is 375 g/mol. The Kier molecular flexibility index (Phi) is 10.0. The number of hydrogen-bond donors (Lipinski definition) is 3. The highest BCUT2D eigenvalue weighted by Crippen LogP contribution is 2.12. The van der Waals surface area contributed by atoms with E-state index in [1.165, 1.54) is 44.5 Å². The van der Waals surface area contributed by atoms with Gasteiger partial charge in [0.15, 0.2) is 5.96 Å². The van der Waals surface area contributed by atoms with Gasteiger partial charge in [-0.3, -0.25) is 0 Å². The Hall–Kier alpha value is -1.79. The fourth-order valence-corrected chi connectivity index (χ4v) is 3.33. The Morgan fingerprint density at radius 1 is 1.19 bits per heavy atom. The third-order valence-corrected chi connectivity index (χ3v) is 4.82. The molecule has 0 aliphatic carbocycles. The number of ether oxygens (including phenoxy) is 1. The molecule has 6 heteroatoms. The van der Waals surface area contributed by atoms with Gasteiger partial charge in [0.05, 0.1) is 13.2 Å². The van der Waals surface area contributed by atoms with E-state index in [9.17, 15) is 0 Å². The van der Waals surface area contributed by atoms with Crippen LogP contribution in [0.5, 0.6) is 0 Å². The van der Waals surface area contributed by atoms with Crippen molar-refractivity contribution in [1.29, 1.82) is 0 Å². The summed E-state index contributed by atoms with van der Waals surface area (Å²) in [5, 5.41) is 10.3. The third-order valence-electron chi connectivity index (χ3n) is 4.82. The van der Waals surface area contributed by atoms with Crippen LogP contribution in [0, 0.1) is 0 Å². The molecule has 1 aromatic rings. The minimum atomic E-state index is 0.517. The Bertz CT molecular complexity index is 538. The van der Waals surface area contributed by atoms with Gasteiger partial charge in [-0.1, -0.05) is 19.1 Å². The van der Waals surface area contributed by atoms with E-state index in [1.807, 2.05) is 0 Å². The normalized spacial score (nSPS) is 16.3. The molecule has 1 heterocycles. The first-order valence-electron chi connectivity index (χ1n) is 10.3. The highest BCUT2D eigenvalue weighted by molar-refractivity contribution is 5.80. The van der Waals surface area contributed by atoms with Gasteiger partial charge in [-0.2, -0.15) is 0 Å². The fraction of sp³-hybridized carbons (Fsp3) is 0.667. The Labute approximate surface area is 164 Å². The topological polar surface area (TPSA) is 60.9 Å². The second-order valence-electron chi connectivity index (χ2n) is 7.07. The average Bonchev–Trinajstić information content (AvgIpc) is 2.69. The van der Waals surface area contributed by atoms with E-state index < -0.39 is 0 Å². The average molecular weight is 376 g/mol. The molecule has 1 fully saturated rings. The molecule has 0 spiro atoms. The van der Waals surface area contributed by atoms with Gasteiger partial charge in [-0.15, -0.1) is 0 Å². The number of hydrogen-bond acceptors (Lipinski definition) is 4. The molecule has 0 unspecified atom stereocenters. The lowest BCUT2D eigenvalue weighted by Gasteiger charge is -2.32. The van der Waals surface area contributed by atoms with Crippen molar-refractivity contribution in [1.82, 2.24) is 15.5 Å². The predicted molar refractivity (Wildman–Crippen MR) is 115 cm³/mol. The largest absolute Gasteiger partial charge is 0.383 e. The van der Waals surface area contributed by atoms with Crippen molar-refractivity contribution in [3.63, 3.8) is 0 Å². The maximum Gasteiger partial charge on any atom is 0.191 e. The second kappa shape index (κ2) is 12.6. The van der Waals surface area contributed by atoms with E-state index >= 15 is 0 Å². The highest BCUT2D eigenvalue weighted by atomic mass is 16.5. The quantitative estimate of drug-likeness (QED) is 0.333. The summed E-state index contributed by atoms with van der Waals surface area (Å²) in [5.41, 5.74) is 2.32. The molecule has 1 aliphatic rings. The summed E-state index contributed by atoms with van der Waals surface area (Å²) in [6.07, 6.45) is 3.61. The molecule has 0 aromatic heterocycles. The van der Waals surface area contributed by atoms with Crippen LogP contribution in [0.15, 0.2) is 29.3 Å². The Balaban J connectivity index is 1.82. The zero-order valence-electron chi connectivity index (χ0n) is 17.3. The van der Waals surface area contributed by atoms with Crippen LogP contribution in [0.3, 0.4) is 0 Å². The molecule has 1 aliphatic heterocycles. The molecule has 152 valence electrons. The second-order valence-corrected chi connectivity index (χ2v) is 7.07. The van der Waals surface area contributed by atoms with Crippen molar-refractivity contribution < 1.29 is 4.74 Å². The number of methoxy groups -OCH3 is 1. The molecule has 0 radical (unpaired) electrons. The van der Waals surface area contributed by atoms with Crippen molar-refractivity contribution in [3.05, 3.63) is 29.8 Å². The van der Waals surface area contributed by atoms with Crippen LogP contribution < -0.4 is 16.0 Å². The van der Waals surface area contributed by atoms with Gasteiger partial charge >= 0.3 is 0 Å². The molecule has 1 aromatic carbocycles. The molecule has 3 N–H and O–H groups in total. The number of aliphatic imine (C=N–C) groups is 1. The number of rotatable bonds is 10.